The molecule has 0 radical (unpaired) electrons. The van der Waals surface area contributed by atoms with Crippen molar-refractivity contribution in [3.63, 3.8) is 0 Å². The molecule has 0 aromatic heterocycles. The summed E-state index contributed by atoms with van der Waals surface area (Å²) in [6.45, 7) is 13.6. The highest BCUT2D eigenvalue weighted by Gasteiger charge is 2.80. The van der Waals surface area contributed by atoms with Gasteiger partial charge in [-0.15, -0.1) is 0 Å². The van der Waals surface area contributed by atoms with E-state index in [0.29, 0.717) is 44.9 Å². The number of fused-ring (bicyclic) bond motifs is 7. The minimum absolute atomic E-state index is 0.0907. The molecule has 0 aliphatic heterocycles. The Morgan fingerprint density at radius 2 is 1.49 bits per heavy atom. The molecule has 0 aromatic rings. The van der Waals surface area contributed by atoms with Crippen molar-refractivity contribution < 1.29 is 34.8 Å². The lowest BCUT2D eigenvalue weighted by Gasteiger charge is -2.75. The van der Waals surface area contributed by atoms with E-state index in [1.54, 1.807) is 6.92 Å². The maximum atomic E-state index is 14.4. The van der Waals surface area contributed by atoms with Crippen LogP contribution in [0.5, 0.6) is 0 Å². The predicted octanol–water partition coefficient (Wildman–Crippen LogP) is 3.76. The van der Waals surface area contributed by atoms with E-state index in [0.717, 1.165) is 0 Å². The van der Waals surface area contributed by atoms with Crippen LogP contribution in [0.1, 0.15) is 99.8 Å². The minimum atomic E-state index is -1.86. The Balaban J connectivity index is 1.68. The molecule has 37 heavy (non-hydrogen) atoms. The van der Waals surface area contributed by atoms with Crippen LogP contribution in [0.2, 0.25) is 0 Å². The highest BCUT2D eigenvalue weighted by Crippen LogP contribution is 2.77. The first-order chi connectivity index (χ1) is 16.8. The molecule has 0 aromatic carbocycles. The second-order valence-corrected chi connectivity index (χ2v) is 15.5. The summed E-state index contributed by atoms with van der Waals surface area (Å²) in [5, 5.41) is 45.7. The maximum absolute atomic E-state index is 14.4. The number of Topliss-reactive ketones (excluding diaryl/α,β-unsaturated/α-hetero) is 2. The van der Waals surface area contributed by atoms with Gasteiger partial charge in [-0.05, 0) is 74.0 Å². The number of aliphatic hydroxyl groups is 3. The van der Waals surface area contributed by atoms with Gasteiger partial charge in [0.05, 0.1) is 11.5 Å². The summed E-state index contributed by atoms with van der Waals surface area (Å²) >= 11 is 0. The van der Waals surface area contributed by atoms with Gasteiger partial charge in [-0.1, -0.05) is 41.5 Å². The second-order valence-electron chi connectivity index (χ2n) is 15.5. The summed E-state index contributed by atoms with van der Waals surface area (Å²) < 4.78 is 0. The smallest absolute Gasteiger partial charge is 0.312 e. The number of hydrogen-bond donors (Lipinski definition) is 4. The highest BCUT2D eigenvalue weighted by atomic mass is 16.4. The molecule has 11 atom stereocenters. The van der Waals surface area contributed by atoms with Crippen molar-refractivity contribution in [3.05, 3.63) is 0 Å². The van der Waals surface area contributed by atoms with Crippen molar-refractivity contribution >= 4 is 17.5 Å². The molecule has 0 spiro atoms. The van der Waals surface area contributed by atoms with Crippen LogP contribution in [0.4, 0.5) is 0 Å². The lowest BCUT2D eigenvalue weighted by Crippen LogP contribution is -2.81. The fraction of sp³-hybridized carbons (Fsp3) is 0.900. The normalized spacial score (nSPS) is 57.0. The van der Waals surface area contributed by atoms with E-state index in [2.05, 4.69) is 6.92 Å². The van der Waals surface area contributed by atoms with E-state index in [-0.39, 0.29) is 17.6 Å². The van der Waals surface area contributed by atoms with Crippen molar-refractivity contribution in [3.8, 4) is 0 Å². The van der Waals surface area contributed by atoms with Gasteiger partial charge in [0, 0.05) is 29.1 Å². The summed E-state index contributed by atoms with van der Waals surface area (Å²) in [5.74, 6) is -3.11. The number of ketones is 2. The zero-order valence-corrected chi connectivity index (χ0v) is 23.6. The van der Waals surface area contributed by atoms with Crippen LogP contribution in [-0.4, -0.2) is 55.8 Å². The van der Waals surface area contributed by atoms with Gasteiger partial charge in [0.1, 0.15) is 17.5 Å². The van der Waals surface area contributed by atoms with Crippen LogP contribution < -0.4 is 0 Å². The first kappa shape index (κ1) is 27.3. The van der Waals surface area contributed by atoms with E-state index >= 15 is 0 Å². The van der Waals surface area contributed by atoms with Gasteiger partial charge >= 0.3 is 5.97 Å². The van der Waals surface area contributed by atoms with Gasteiger partial charge < -0.3 is 20.4 Å². The van der Waals surface area contributed by atoms with E-state index in [1.807, 2.05) is 34.6 Å². The molecule has 5 aliphatic rings. The molecule has 5 aliphatic carbocycles. The summed E-state index contributed by atoms with van der Waals surface area (Å²) in [6.07, 6.45) is 1.43. The molecule has 208 valence electrons. The highest BCUT2D eigenvalue weighted by molar-refractivity contribution is 5.96. The molecule has 0 bridgehead atoms. The van der Waals surface area contributed by atoms with Crippen LogP contribution in [0.15, 0.2) is 0 Å². The SMILES string of the molecule is CC1(C)CC(=O)C2(C)CCC3(C)C4(C)CCC5C(C)(CCC(O)C5(C)C(=O)O)C4C(O)C(=O)C3(O)C2C1. The third-order valence-electron chi connectivity index (χ3n) is 13.5. The van der Waals surface area contributed by atoms with Crippen LogP contribution in [0.3, 0.4) is 0 Å². The fourth-order valence-corrected chi connectivity index (χ4v) is 11.0. The molecule has 5 rings (SSSR count). The number of carboxylic acid groups (broad SMARTS) is 1. The number of carbonyl (C=O) groups excluding carboxylic acids is 2. The Kier molecular flexibility index (Phi) is 5.49. The largest absolute Gasteiger partial charge is 0.481 e. The quantitative estimate of drug-likeness (QED) is 0.415. The summed E-state index contributed by atoms with van der Waals surface area (Å²) in [4.78, 5) is 40.4. The third kappa shape index (κ3) is 2.87. The molecule has 4 N–H and O–H groups in total. The van der Waals surface area contributed by atoms with Gasteiger partial charge in [-0.3, -0.25) is 14.4 Å². The summed E-state index contributed by atoms with van der Waals surface area (Å²) in [5.41, 5.74) is -6.66. The molecule has 11 unspecified atom stereocenters. The van der Waals surface area contributed by atoms with Gasteiger partial charge in [-0.2, -0.15) is 0 Å². The molecule has 0 heterocycles. The van der Waals surface area contributed by atoms with E-state index in [9.17, 15) is 34.8 Å². The monoisotopic (exact) mass is 518 g/mol. The first-order valence-corrected chi connectivity index (χ1v) is 14.2. The molecular formula is C30H46O7. The minimum Gasteiger partial charge on any atom is -0.481 e. The molecule has 7 heteroatoms. The van der Waals surface area contributed by atoms with Crippen molar-refractivity contribution in [2.75, 3.05) is 0 Å². The van der Waals surface area contributed by atoms with Crippen LogP contribution >= 0.6 is 0 Å². The number of hydrogen-bond acceptors (Lipinski definition) is 6. The van der Waals surface area contributed by atoms with E-state index < -0.39 is 74.4 Å². The number of aliphatic carboxylic acids is 1. The van der Waals surface area contributed by atoms with Gasteiger partial charge in [-0.25, -0.2) is 0 Å². The fourth-order valence-electron chi connectivity index (χ4n) is 11.0. The lowest BCUT2D eigenvalue weighted by atomic mass is 9.29. The molecule has 0 saturated heterocycles. The molecular weight excluding hydrogens is 472 g/mol. The van der Waals surface area contributed by atoms with Gasteiger partial charge in [0.2, 0.25) is 0 Å². The van der Waals surface area contributed by atoms with Gasteiger partial charge in [0.15, 0.2) is 5.78 Å². The number of rotatable bonds is 1. The Morgan fingerprint density at radius 3 is 2.08 bits per heavy atom. The lowest BCUT2D eigenvalue weighted by molar-refractivity contribution is -0.305. The molecule has 7 nitrogen and oxygen atoms in total. The Morgan fingerprint density at radius 1 is 0.865 bits per heavy atom. The Bertz CT molecular complexity index is 1070. The van der Waals surface area contributed by atoms with Crippen LogP contribution in [-0.2, 0) is 14.4 Å². The van der Waals surface area contributed by atoms with Crippen molar-refractivity contribution in [1.82, 2.24) is 0 Å². The Labute approximate surface area is 220 Å². The number of carboxylic acids is 1. The molecule has 0 amide bonds. The van der Waals surface area contributed by atoms with Crippen molar-refractivity contribution in [1.29, 1.82) is 0 Å². The Hall–Kier alpha value is -1.31. The number of aliphatic hydroxyl groups excluding tert-OH is 2. The standard InChI is InChI=1S/C30H46O7/c1-24(2)14-17-25(3,19(32)15-24)12-13-28(6)27(5)11-8-16-26(4,10-9-18(31)29(16,7)23(35)36)21(27)20(33)22(34)30(17,28)37/h16-18,20-21,31,33,37H,8-15H2,1-7H3,(H,35,36). The van der Waals surface area contributed by atoms with Crippen LogP contribution in [0.25, 0.3) is 0 Å². The average molecular weight is 519 g/mol. The predicted molar refractivity (Wildman–Crippen MR) is 136 cm³/mol. The molecule has 5 fully saturated rings. The number of carbonyl (C=O) groups is 3. The van der Waals surface area contributed by atoms with Crippen LogP contribution in [0, 0.1) is 50.2 Å². The van der Waals surface area contributed by atoms with Crippen molar-refractivity contribution in [2.45, 2.75) is 118 Å². The maximum Gasteiger partial charge on any atom is 0.312 e. The summed E-state index contributed by atoms with van der Waals surface area (Å²) in [6, 6.07) is 0. The average Bonchev–Trinajstić information content (AvgIpc) is 2.79. The second kappa shape index (κ2) is 7.45. The molecule has 5 saturated carbocycles. The van der Waals surface area contributed by atoms with E-state index in [1.165, 1.54) is 0 Å². The first-order valence-electron chi connectivity index (χ1n) is 14.2. The van der Waals surface area contributed by atoms with Crippen molar-refractivity contribution in [2.24, 2.45) is 50.2 Å². The third-order valence-corrected chi connectivity index (χ3v) is 13.5. The zero-order valence-electron chi connectivity index (χ0n) is 23.6. The van der Waals surface area contributed by atoms with Gasteiger partial charge in [0.25, 0.3) is 0 Å². The topological polar surface area (TPSA) is 132 Å². The summed E-state index contributed by atoms with van der Waals surface area (Å²) in [7, 11) is 0. The van der Waals surface area contributed by atoms with E-state index in [4.69, 9.17) is 0 Å². The zero-order chi connectivity index (χ0) is 27.8.